The maximum Gasteiger partial charge on any atom is 0.213 e. The summed E-state index contributed by atoms with van der Waals surface area (Å²) in [6, 6.07) is 8.70. The lowest BCUT2D eigenvalue weighted by molar-refractivity contribution is 0.590. The van der Waals surface area contributed by atoms with Gasteiger partial charge in [0.15, 0.2) is 0 Å². The fourth-order valence-electron chi connectivity index (χ4n) is 1.81. The van der Waals surface area contributed by atoms with Crippen molar-refractivity contribution in [1.82, 2.24) is 20.5 Å². The van der Waals surface area contributed by atoms with Gasteiger partial charge in [-0.2, -0.15) is 0 Å². The monoisotopic (exact) mass is 262 g/mol. The molecule has 1 atom stereocenters. The summed E-state index contributed by atoms with van der Waals surface area (Å²) in [6.45, 7) is 7.15. The molecule has 2 N–H and O–H groups in total. The molecule has 2 rings (SSSR count). The topological polar surface area (TPSA) is 53.6 Å². The molecule has 0 aliphatic heterocycles. The Kier molecular flexibility index (Phi) is 4.38. The van der Waals surface area contributed by atoms with Crippen molar-refractivity contribution in [2.75, 3.05) is 6.54 Å². The average molecular weight is 262 g/mol. The number of rotatable bonds is 5. The van der Waals surface area contributed by atoms with E-state index in [1.54, 1.807) is 11.8 Å². The minimum atomic E-state index is 0.332. The molecule has 1 unspecified atom stereocenters. The molecular weight excluding hydrogens is 244 g/mol. The normalized spacial score (nSPS) is 12.6. The van der Waals surface area contributed by atoms with E-state index >= 15 is 0 Å². The molecule has 1 aromatic carbocycles. The van der Waals surface area contributed by atoms with Crippen LogP contribution in [0.3, 0.4) is 0 Å². The molecule has 0 aliphatic rings. The summed E-state index contributed by atoms with van der Waals surface area (Å²) in [6.07, 6.45) is 0. The quantitative estimate of drug-likeness (QED) is 0.870. The SMILES string of the molecule is CCNC(C)c1ccccc1Sc1n[nH]c(C)n1. The lowest BCUT2D eigenvalue weighted by Gasteiger charge is -2.15. The molecule has 96 valence electrons. The van der Waals surface area contributed by atoms with E-state index in [1.165, 1.54) is 10.5 Å². The van der Waals surface area contributed by atoms with Gasteiger partial charge in [-0.25, -0.2) is 4.98 Å². The van der Waals surface area contributed by atoms with Crippen LogP contribution in [-0.2, 0) is 0 Å². The van der Waals surface area contributed by atoms with Gasteiger partial charge in [-0.3, -0.25) is 5.10 Å². The zero-order chi connectivity index (χ0) is 13.0. The van der Waals surface area contributed by atoms with E-state index in [-0.39, 0.29) is 0 Å². The fourth-order valence-corrected chi connectivity index (χ4v) is 2.79. The first-order valence-electron chi connectivity index (χ1n) is 6.10. The second kappa shape index (κ2) is 6.02. The summed E-state index contributed by atoms with van der Waals surface area (Å²) in [7, 11) is 0. The Hall–Kier alpha value is -1.33. The van der Waals surface area contributed by atoms with Gasteiger partial charge in [0, 0.05) is 10.9 Å². The number of hydrogen-bond acceptors (Lipinski definition) is 4. The van der Waals surface area contributed by atoms with Crippen molar-refractivity contribution in [3.63, 3.8) is 0 Å². The molecule has 2 aromatic rings. The van der Waals surface area contributed by atoms with Gasteiger partial charge in [0.1, 0.15) is 5.82 Å². The Morgan fingerprint density at radius 2 is 2.17 bits per heavy atom. The second-order valence-corrected chi connectivity index (χ2v) is 5.13. The highest BCUT2D eigenvalue weighted by Crippen LogP contribution is 2.31. The van der Waals surface area contributed by atoms with Gasteiger partial charge in [0.2, 0.25) is 5.16 Å². The van der Waals surface area contributed by atoms with E-state index in [0.717, 1.165) is 17.5 Å². The van der Waals surface area contributed by atoms with Gasteiger partial charge < -0.3 is 5.32 Å². The number of nitrogens with one attached hydrogen (secondary N) is 2. The van der Waals surface area contributed by atoms with E-state index in [1.807, 2.05) is 13.0 Å². The molecule has 0 fully saturated rings. The van der Waals surface area contributed by atoms with Crippen LogP contribution in [-0.4, -0.2) is 21.7 Å². The van der Waals surface area contributed by atoms with E-state index in [9.17, 15) is 0 Å². The van der Waals surface area contributed by atoms with Crippen LogP contribution >= 0.6 is 11.8 Å². The predicted molar refractivity (Wildman–Crippen MR) is 73.8 cm³/mol. The molecule has 0 saturated heterocycles. The average Bonchev–Trinajstić information content (AvgIpc) is 2.76. The maximum absolute atomic E-state index is 4.33. The van der Waals surface area contributed by atoms with Gasteiger partial charge in [0.25, 0.3) is 0 Å². The molecule has 5 heteroatoms. The largest absolute Gasteiger partial charge is 0.310 e. The molecule has 0 aliphatic carbocycles. The summed E-state index contributed by atoms with van der Waals surface area (Å²) in [4.78, 5) is 5.53. The van der Waals surface area contributed by atoms with Crippen LogP contribution in [0.15, 0.2) is 34.3 Å². The van der Waals surface area contributed by atoms with Crippen molar-refractivity contribution in [1.29, 1.82) is 0 Å². The Balaban J connectivity index is 2.22. The van der Waals surface area contributed by atoms with Crippen molar-refractivity contribution in [2.24, 2.45) is 0 Å². The summed E-state index contributed by atoms with van der Waals surface area (Å²) in [5.74, 6) is 0.842. The summed E-state index contributed by atoms with van der Waals surface area (Å²) in [5, 5.41) is 11.2. The van der Waals surface area contributed by atoms with Gasteiger partial charge >= 0.3 is 0 Å². The van der Waals surface area contributed by atoms with E-state index in [0.29, 0.717) is 6.04 Å². The zero-order valence-electron chi connectivity index (χ0n) is 10.9. The first-order chi connectivity index (χ1) is 8.70. The Labute approximate surface area is 112 Å². The third kappa shape index (κ3) is 3.11. The van der Waals surface area contributed by atoms with Crippen LogP contribution in [0.1, 0.15) is 31.3 Å². The molecule has 0 saturated carbocycles. The molecule has 0 amide bonds. The number of benzene rings is 1. The third-order valence-corrected chi connectivity index (χ3v) is 3.63. The van der Waals surface area contributed by atoms with E-state index in [2.05, 4.69) is 52.5 Å². The molecule has 0 radical (unpaired) electrons. The Bertz CT molecular complexity index is 509. The lowest BCUT2D eigenvalue weighted by Crippen LogP contribution is -2.18. The van der Waals surface area contributed by atoms with Gasteiger partial charge in [0.05, 0.1) is 0 Å². The number of H-pyrrole nitrogens is 1. The standard InChI is InChI=1S/C13H18N4S/c1-4-14-9(2)11-7-5-6-8-12(11)18-13-15-10(3)16-17-13/h5-9,14H,4H2,1-3H3,(H,15,16,17). The number of hydrogen-bond donors (Lipinski definition) is 2. The third-order valence-electron chi connectivity index (χ3n) is 2.67. The first-order valence-corrected chi connectivity index (χ1v) is 6.91. The summed E-state index contributed by atoms with van der Waals surface area (Å²) >= 11 is 1.60. The zero-order valence-corrected chi connectivity index (χ0v) is 11.7. The molecule has 1 aromatic heterocycles. The highest BCUT2D eigenvalue weighted by molar-refractivity contribution is 7.99. The number of nitrogens with zero attached hydrogens (tertiary/aromatic N) is 2. The molecular formula is C13H18N4S. The van der Waals surface area contributed by atoms with Gasteiger partial charge in [-0.15, -0.1) is 5.10 Å². The van der Waals surface area contributed by atoms with Crippen LogP contribution < -0.4 is 5.32 Å². The van der Waals surface area contributed by atoms with E-state index < -0.39 is 0 Å². The highest BCUT2D eigenvalue weighted by Gasteiger charge is 2.11. The molecule has 0 spiro atoms. The second-order valence-electron chi connectivity index (χ2n) is 4.12. The van der Waals surface area contributed by atoms with Gasteiger partial charge in [-0.1, -0.05) is 25.1 Å². The minimum Gasteiger partial charge on any atom is -0.310 e. The van der Waals surface area contributed by atoms with Crippen LogP contribution in [0, 0.1) is 6.92 Å². The molecule has 0 bridgehead atoms. The van der Waals surface area contributed by atoms with Crippen molar-refractivity contribution in [3.8, 4) is 0 Å². The smallest absolute Gasteiger partial charge is 0.213 e. The minimum absolute atomic E-state index is 0.332. The Morgan fingerprint density at radius 3 is 2.83 bits per heavy atom. The lowest BCUT2D eigenvalue weighted by atomic mass is 10.1. The first kappa shape index (κ1) is 13.1. The highest BCUT2D eigenvalue weighted by atomic mass is 32.2. The molecule has 18 heavy (non-hydrogen) atoms. The van der Waals surface area contributed by atoms with Crippen LogP contribution in [0.2, 0.25) is 0 Å². The van der Waals surface area contributed by atoms with E-state index in [4.69, 9.17) is 0 Å². The molecule has 4 nitrogen and oxygen atoms in total. The number of aromatic nitrogens is 3. The molecule has 1 heterocycles. The van der Waals surface area contributed by atoms with Crippen molar-refractivity contribution in [2.45, 2.75) is 36.9 Å². The summed E-state index contributed by atoms with van der Waals surface area (Å²) < 4.78 is 0. The van der Waals surface area contributed by atoms with Crippen LogP contribution in [0.25, 0.3) is 0 Å². The fraction of sp³-hybridized carbons (Fsp3) is 0.385. The number of aromatic amines is 1. The van der Waals surface area contributed by atoms with Crippen molar-refractivity contribution >= 4 is 11.8 Å². The number of aryl methyl sites for hydroxylation is 1. The maximum atomic E-state index is 4.33. The predicted octanol–water partition coefficient (Wildman–Crippen LogP) is 2.93. The van der Waals surface area contributed by atoms with Gasteiger partial charge in [-0.05, 0) is 43.8 Å². The van der Waals surface area contributed by atoms with Crippen LogP contribution in [0.5, 0.6) is 0 Å². The van der Waals surface area contributed by atoms with Crippen molar-refractivity contribution in [3.05, 3.63) is 35.7 Å². The van der Waals surface area contributed by atoms with Crippen molar-refractivity contribution < 1.29 is 0 Å². The van der Waals surface area contributed by atoms with Crippen LogP contribution in [0.4, 0.5) is 0 Å². The Morgan fingerprint density at radius 1 is 1.39 bits per heavy atom. The summed E-state index contributed by atoms with van der Waals surface area (Å²) in [5.41, 5.74) is 1.28.